The standard InChI is InChI=1S/C20H26N8S/c1-26-8-10-28(11-9-26)7-3-4-16-24-17-18(27(16)2)19-14(23-20(17)21)12-15(29-19)13-5-6-22-25-13/h5-6,12H,3-4,7-11H2,1-2H3,(H2,21,23)(H,22,25). The number of aryl methyl sites for hydroxylation is 2. The molecule has 0 spiro atoms. The van der Waals surface area contributed by atoms with Crippen LogP contribution in [0.2, 0.25) is 0 Å². The summed E-state index contributed by atoms with van der Waals surface area (Å²) < 4.78 is 3.32. The Balaban J connectivity index is 1.42. The number of nitrogens with one attached hydrogen (secondary N) is 1. The van der Waals surface area contributed by atoms with E-state index in [1.807, 2.05) is 12.3 Å². The molecule has 0 radical (unpaired) electrons. The molecule has 1 aliphatic heterocycles. The minimum absolute atomic E-state index is 0.500. The second-order valence-electron chi connectivity index (χ2n) is 7.81. The zero-order valence-electron chi connectivity index (χ0n) is 16.9. The van der Waals surface area contributed by atoms with Crippen LogP contribution in [-0.2, 0) is 13.5 Å². The molecule has 152 valence electrons. The number of rotatable bonds is 5. The third kappa shape index (κ3) is 3.39. The second-order valence-corrected chi connectivity index (χ2v) is 8.87. The number of hydrogen-bond donors (Lipinski definition) is 2. The number of nitrogens with zero attached hydrogens (tertiary/aromatic N) is 6. The summed E-state index contributed by atoms with van der Waals surface area (Å²) in [4.78, 5) is 15.5. The van der Waals surface area contributed by atoms with E-state index in [1.165, 1.54) is 0 Å². The Morgan fingerprint density at radius 1 is 1.17 bits per heavy atom. The number of likely N-dealkylation sites (N-methyl/N-ethyl adjacent to an activating group) is 1. The van der Waals surface area contributed by atoms with Crippen molar-refractivity contribution in [3.05, 3.63) is 24.2 Å². The van der Waals surface area contributed by atoms with Crippen molar-refractivity contribution in [3.63, 3.8) is 0 Å². The molecule has 5 heterocycles. The van der Waals surface area contributed by atoms with Gasteiger partial charge in [0.15, 0.2) is 5.82 Å². The summed E-state index contributed by atoms with van der Waals surface area (Å²) >= 11 is 1.69. The number of nitrogen functional groups attached to an aromatic ring is 1. The van der Waals surface area contributed by atoms with Gasteiger partial charge in [-0.05, 0) is 32.1 Å². The highest BCUT2D eigenvalue weighted by Crippen LogP contribution is 2.37. The summed E-state index contributed by atoms with van der Waals surface area (Å²) in [6.07, 6.45) is 3.87. The van der Waals surface area contributed by atoms with Gasteiger partial charge in [-0.3, -0.25) is 5.10 Å². The first kappa shape index (κ1) is 18.5. The lowest BCUT2D eigenvalue weighted by molar-refractivity contribution is 0.153. The van der Waals surface area contributed by atoms with Gasteiger partial charge in [-0.2, -0.15) is 5.10 Å². The fourth-order valence-corrected chi connectivity index (χ4v) is 5.23. The quantitative estimate of drug-likeness (QED) is 0.525. The molecule has 1 saturated heterocycles. The van der Waals surface area contributed by atoms with Crippen molar-refractivity contribution in [3.8, 4) is 10.6 Å². The lowest BCUT2D eigenvalue weighted by Crippen LogP contribution is -2.44. The van der Waals surface area contributed by atoms with Crippen LogP contribution in [0.4, 0.5) is 5.82 Å². The van der Waals surface area contributed by atoms with Gasteiger partial charge in [-0.15, -0.1) is 11.3 Å². The molecule has 0 unspecified atom stereocenters. The molecular formula is C20H26N8S. The summed E-state index contributed by atoms with van der Waals surface area (Å²) in [5.74, 6) is 1.57. The minimum atomic E-state index is 0.500. The Hall–Kier alpha value is -2.49. The van der Waals surface area contributed by atoms with Gasteiger partial charge in [-0.25, -0.2) is 9.97 Å². The van der Waals surface area contributed by atoms with Gasteiger partial charge in [0.25, 0.3) is 0 Å². The molecule has 9 heteroatoms. The van der Waals surface area contributed by atoms with Crippen LogP contribution >= 0.6 is 11.3 Å². The van der Waals surface area contributed by atoms with E-state index in [0.717, 1.165) is 83.2 Å². The lowest BCUT2D eigenvalue weighted by atomic mass is 10.2. The van der Waals surface area contributed by atoms with Crippen LogP contribution in [0.1, 0.15) is 12.2 Å². The fraction of sp³-hybridized carbons (Fsp3) is 0.450. The van der Waals surface area contributed by atoms with Crippen molar-refractivity contribution < 1.29 is 0 Å². The minimum Gasteiger partial charge on any atom is -0.382 e. The zero-order valence-corrected chi connectivity index (χ0v) is 17.7. The molecule has 4 aromatic rings. The summed E-state index contributed by atoms with van der Waals surface area (Å²) in [6, 6.07) is 4.03. The van der Waals surface area contributed by atoms with Crippen molar-refractivity contribution in [2.45, 2.75) is 12.8 Å². The summed E-state index contributed by atoms with van der Waals surface area (Å²) in [5.41, 5.74) is 9.99. The highest BCUT2D eigenvalue weighted by molar-refractivity contribution is 7.23. The van der Waals surface area contributed by atoms with Crippen LogP contribution in [0.3, 0.4) is 0 Å². The zero-order chi connectivity index (χ0) is 20.0. The molecular weight excluding hydrogens is 384 g/mol. The fourth-order valence-electron chi connectivity index (χ4n) is 4.08. The smallest absolute Gasteiger partial charge is 0.152 e. The molecule has 29 heavy (non-hydrogen) atoms. The molecule has 0 atom stereocenters. The number of aromatic amines is 1. The Morgan fingerprint density at radius 3 is 2.76 bits per heavy atom. The van der Waals surface area contributed by atoms with E-state index in [0.29, 0.717) is 5.82 Å². The average molecular weight is 411 g/mol. The number of fused-ring (bicyclic) bond motifs is 3. The molecule has 1 fully saturated rings. The average Bonchev–Trinajstić information content (AvgIpc) is 3.43. The molecule has 1 aliphatic rings. The summed E-state index contributed by atoms with van der Waals surface area (Å²) in [6.45, 7) is 5.73. The van der Waals surface area contributed by atoms with Gasteiger partial charge in [0.2, 0.25) is 0 Å². The van der Waals surface area contributed by atoms with Gasteiger partial charge in [0, 0.05) is 45.8 Å². The maximum Gasteiger partial charge on any atom is 0.152 e. The van der Waals surface area contributed by atoms with E-state index in [4.69, 9.17) is 10.7 Å². The van der Waals surface area contributed by atoms with E-state index in [9.17, 15) is 0 Å². The second kappa shape index (κ2) is 7.40. The van der Waals surface area contributed by atoms with E-state index in [2.05, 4.69) is 49.7 Å². The van der Waals surface area contributed by atoms with E-state index in [-0.39, 0.29) is 0 Å². The maximum atomic E-state index is 6.27. The van der Waals surface area contributed by atoms with Crippen LogP contribution in [0.15, 0.2) is 18.3 Å². The molecule has 3 N–H and O–H groups in total. The number of pyridine rings is 1. The molecule has 4 aromatic heterocycles. The van der Waals surface area contributed by atoms with Crippen LogP contribution in [0.5, 0.6) is 0 Å². The Labute approximate surface area is 173 Å². The topological polar surface area (TPSA) is 91.9 Å². The number of imidazole rings is 1. The monoisotopic (exact) mass is 410 g/mol. The Kier molecular flexibility index (Phi) is 4.73. The molecule has 8 nitrogen and oxygen atoms in total. The van der Waals surface area contributed by atoms with Crippen LogP contribution < -0.4 is 5.73 Å². The third-order valence-corrected chi connectivity index (χ3v) is 6.98. The molecule has 0 amide bonds. The van der Waals surface area contributed by atoms with Crippen molar-refractivity contribution in [1.82, 2.24) is 34.5 Å². The number of nitrogens with two attached hydrogens (primary N) is 1. The SMILES string of the molecule is CN1CCN(CCCc2nc3c(N)nc4cc(-c5cc[nH]n5)sc4c3n2C)CC1. The van der Waals surface area contributed by atoms with E-state index in [1.54, 1.807) is 11.3 Å². The Morgan fingerprint density at radius 2 is 2.00 bits per heavy atom. The first-order chi connectivity index (χ1) is 14.1. The van der Waals surface area contributed by atoms with Gasteiger partial charge in [-0.1, -0.05) is 0 Å². The van der Waals surface area contributed by atoms with Crippen molar-refractivity contribution in [2.75, 3.05) is 45.5 Å². The number of piperazine rings is 1. The predicted octanol–water partition coefficient (Wildman–Crippen LogP) is 2.34. The first-order valence-corrected chi connectivity index (χ1v) is 10.9. The lowest BCUT2D eigenvalue weighted by Gasteiger charge is -2.32. The third-order valence-electron chi connectivity index (χ3n) is 5.82. The number of thiophene rings is 1. The van der Waals surface area contributed by atoms with Crippen LogP contribution in [0, 0.1) is 0 Å². The van der Waals surface area contributed by atoms with E-state index >= 15 is 0 Å². The number of aromatic nitrogens is 5. The highest BCUT2D eigenvalue weighted by Gasteiger charge is 2.19. The van der Waals surface area contributed by atoms with Crippen LogP contribution in [-0.4, -0.2) is 74.3 Å². The predicted molar refractivity (Wildman–Crippen MR) is 118 cm³/mol. The molecule has 0 aromatic carbocycles. The molecule has 0 aliphatic carbocycles. The van der Waals surface area contributed by atoms with Crippen LogP contribution in [0.25, 0.3) is 31.8 Å². The largest absolute Gasteiger partial charge is 0.382 e. The van der Waals surface area contributed by atoms with Gasteiger partial charge >= 0.3 is 0 Å². The maximum absolute atomic E-state index is 6.27. The summed E-state index contributed by atoms with van der Waals surface area (Å²) in [5, 5.41) is 7.17. The van der Waals surface area contributed by atoms with E-state index < -0.39 is 0 Å². The van der Waals surface area contributed by atoms with Gasteiger partial charge in [0.05, 0.1) is 20.6 Å². The molecule has 0 saturated carbocycles. The van der Waals surface area contributed by atoms with Gasteiger partial charge in [0.1, 0.15) is 17.0 Å². The number of H-pyrrole nitrogens is 1. The van der Waals surface area contributed by atoms with Crippen molar-refractivity contribution >= 4 is 38.4 Å². The Bertz CT molecular complexity index is 1130. The molecule has 5 rings (SSSR count). The highest BCUT2D eigenvalue weighted by atomic mass is 32.1. The number of hydrogen-bond acceptors (Lipinski definition) is 7. The van der Waals surface area contributed by atoms with Crippen molar-refractivity contribution in [2.24, 2.45) is 7.05 Å². The molecule has 0 bridgehead atoms. The van der Waals surface area contributed by atoms with Gasteiger partial charge < -0.3 is 20.1 Å². The normalized spacial score (nSPS) is 16.3. The number of anilines is 1. The van der Waals surface area contributed by atoms with Crippen molar-refractivity contribution in [1.29, 1.82) is 0 Å². The first-order valence-electron chi connectivity index (χ1n) is 10.1. The summed E-state index contributed by atoms with van der Waals surface area (Å²) in [7, 11) is 4.28.